The van der Waals surface area contributed by atoms with E-state index in [0.29, 0.717) is 6.61 Å². The maximum Gasteiger partial charge on any atom is 0.137 e. The van der Waals surface area contributed by atoms with Crippen LogP contribution in [0, 0.1) is 0 Å². The number of fused-ring (bicyclic) bond motifs is 1. The third-order valence-electron chi connectivity index (χ3n) is 6.19. The molecular weight excluding hydrogens is 384 g/mol. The number of pyridine rings is 2. The van der Waals surface area contributed by atoms with E-state index < -0.39 is 0 Å². The lowest BCUT2D eigenvalue weighted by molar-refractivity contribution is 0.161. The van der Waals surface area contributed by atoms with Crippen molar-refractivity contribution in [2.45, 2.75) is 20.8 Å². The van der Waals surface area contributed by atoms with Gasteiger partial charge in [-0.05, 0) is 42.1 Å². The van der Waals surface area contributed by atoms with Gasteiger partial charge in [-0.15, -0.1) is 0 Å². The highest BCUT2D eigenvalue weighted by molar-refractivity contribution is 5.95. The van der Waals surface area contributed by atoms with E-state index in [-0.39, 0.29) is 7.43 Å². The van der Waals surface area contributed by atoms with Gasteiger partial charge in [-0.25, -0.2) is 4.98 Å². The van der Waals surface area contributed by atoms with Gasteiger partial charge in [0.15, 0.2) is 0 Å². The third-order valence-corrected chi connectivity index (χ3v) is 6.19. The summed E-state index contributed by atoms with van der Waals surface area (Å²) < 4.78 is 5.42. The Hall–Kier alpha value is -2.76. The highest BCUT2D eigenvalue weighted by Crippen LogP contribution is 2.31. The zero-order valence-corrected chi connectivity index (χ0v) is 17.6. The molecule has 0 unspecified atom stereocenters. The Morgan fingerprint density at radius 2 is 1.84 bits per heavy atom. The SMILES string of the molecule is C.CCN1CCN(c2nc(-c3ccc(C4=CCOCC4)nc3)cc3ccccc23)CC1. The standard InChI is InChI=1S/C25H28N4O.CH4/c1-2-28-11-13-29(14-12-28)25-22-6-4-3-5-20(22)17-24(27-25)21-7-8-23(26-18-21)19-9-15-30-16-10-19;/h3-9,17-18H,2,10-16H2,1H3;1H4. The largest absolute Gasteiger partial charge is 0.377 e. The number of piperazine rings is 1. The van der Waals surface area contributed by atoms with Gasteiger partial charge in [-0.3, -0.25) is 4.98 Å². The van der Waals surface area contributed by atoms with Crippen LogP contribution in [-0.4, -0.2) is 60.8 Å². The average molecular weight is 417 g/mol. The summed E-state index contributed by atoms with van der Waals surface area (Å²) in [4.78, 5) is 14.8. The number of hydrogen-bond acceptors (Lipinski definition) is 5. The van der Waals surface area contributed by atoms with E-state index in [1.807, 2.05) is 6.20 Å². The van der Waals surface area contributed by atoms with Crippen molar-refractivity contribution in [1.82, 2.24) is 14.9 Å². The number of anilines is 1. The number of hydrogen-bond donors (Lipinski definition) is 0. The van der Waals surface area contributed by atoms with Crippen molar-refractivity contribution in [3.05, 3.63) is 60.4 Å². The average Bonchev–Trinajstić information content (AvgIpc) is 2.84. The molecule has 5 nitrogen and oxygen atoms in total. The maximum absolute atomic E-state index is 5.42. The van der Waals surface area contributed by atoms with Crippen LogP contribution in [-0.2, 0) is 4.74 Å². The number of aromatic nitrogens is 2. The van der Waals surface area contributed by atoms with Gasteiger partial charge in [0.05, 0.1) is 24.6 Å². The second-order valence-corrected chi connectivity index (χ2v) is 7.96. The fraction of sp³-hybridized carbons (Fsp3) is 0.385. The van der Waals surface area contributed by atoms with Crippen molar-refractivity contribution in [1.29, 1.82) is 0 Å². The van der Waals surface area contributed by atoms with Gasteiger partial charge in [0.1, 0.15) is 5.82 Å². The zero-order valence-electron chi connectivity index (χ0n) is 17.6. The van der Waals surface area contributed by atoms with E-state index in [2.05, 4.69) is 65.3 Å². The van der Waals surface area contributed by atoms with Crippen molar-refractivity contribution in [2.75, 3.05) is 50.8 Å². The molecule has 162 valence electrons. The molecule has 2 aliphatic heterocycles. The summed E-state index contributed by atoms with van der Waals surface area (Å²) in [6.07, 6.45) is 5.02. The molecule has 31 heavy (non-hydrogen) atoms. The Balaban J connectivity index is 0.00000231. The van der Waals surface area contributed by atoms with Crippen LogP contribution in [0.15, 0.2) is 54.7 Å². The van der Waals surface area contributed by atoms with Gasteiger partial charge in [0.2, 0.25) is 0 Å². The second kappa shape index (κ2) is 9.58. The van der Waals surface area contributed by atoms with Crippen molar-refractivity contribution < 1.29 is 4.74 Å². The van der Waals surface area contributed by atoms with Crippen LogP contribution in [0.5, 0.6) is 0 Å². The molecule has 1 fully saturated rings. The van der Waals surface area contributed by atoms with Gasteiger partial charge in [0.25, 0.3) is 0 Å². The van der Waals surface area contributed by atoms with Crippen LogP contribution in [0.1, 0.15) is 26.5 Å². The molecule has 5 rings (SSSR count). The zero-order chi connectivity index (χ0) is 20.3. The predicted molar refractivity (Wildman–Crippen MR) is 129 cm³/mol. The van der Waals surface area contributed by atoms with Crippen molar-refractivity contribution in [3.8, 4) is 11.3 Å². The Labute approximate surface area is 185 Å². The Morgan fingerprint density at radius 1 is 1.00 bits per heavy atom. The minimum atomic E-state index is 0. The summed E-state index contributed by atoms with van der Waals surface area (Å²) in [7, 11) is 0. The predicted octanol–water partition coefficient (Wildman–Crippen LogP) is 4.88. The Bertz CT molecular complexity index is 1050. The van der Waals surface area contributed by atoms with E-state index in [9.17, 15) is 0 Å². The molecule has 2 aliphatic rings. The first-order valence-corrected chi connectivity index (χ1v) is 10.9. The van der Waals surface area contributed by atoms with E-state index in [1.54, 1.807) is 0 Å². The van der Waals surface area contributed by atoms with Crippen LogP contribution in [0.25, 0.3) is 27.6 Å². The van der Waals surface area contributed by atoms with Crippen LogP contribution in [0.4, 0.5) is 5.82 Å². The lowest BCUT2D eigenvalue weighted by atomic mass is 10.0. The van der Waals surface area contributed by atoms with Gasteiger partial charge in [-0.2, -0.15) is 0 Å². The molecule has 0 amide bonds. The summed E-state index contributed by atoms with van der Waals surface area (Å²) in [5, 5.41) is 2.45. The summed E-state index contributed by atoms with van der Waals surface area (Å²) >= 11 is 0. The quantitative estimate of drug-likeness (QED) is 0.606. The minimum Gasteiger partial charge on any atom is -0.377 e. The minimum absolute atomic E-state index is 0. The molecule has 0 N–H and O–H groups in total. The highest BCUT2D eigenvalue weighted by atomic mass is 16.5. The Morgan fingerprint density at radius 3 is 2.55 bits per heavy atom. The van der Waals surface area contributed by atoms with Gasteiger partial charge >= 0.3 is 0 Å². The molecule has 0 atom stereocenters. The molecule has 4 heterocycles. The summed E-state index contributed by atoms with van der Waals surface area (Å²) in [6.45, 7) is 9.01. The van der Waals surface area contributed by atoms with Crippen molar-refractivity contribution in [3.63, 3.8) is 0 Å². The molecule has 3 aromatic rings. The topological polar surface area (TPSA) is 41.5 Å². The normalized spacial score (nSPS) is 17.3. The van der Waals surface area contributed by atoms with Crippen LogP contribution >= 0.6 is 0 Å². The van der Waals surface area contributed by atoms with E-state index in [4.69, 9.17) is 14.7 Å². The smallest absolute Gasteiger partial charge is 0.137 e. The molecule has 5 heteroatoms. The number of rotatable bonds is 4. The molecule has 2 aromatic heterocycles. The molecule has 0 saturated carbocycles. The lowest BCUT2D eigenvalue weighted by Crippen LogP contribution is -2.46. The van der Waals surface area contributed by atoms with Crippen molar-refractivity contribution >= 4 is 22.2 Å². The maximum atomic E-state index is 5.42. The molecule has 0 aliphatic carbocycles. The molecule has 0 bridgehead atoms. The monoisotopic (exact) mass is 416 g/mol. The summed E-state index contributed by atoms with van der Waals surface area (Å²) in [5.41, 5.74) is 4.36. The fourth-order valence-electron chi connectivity index (χ4n) is 4.34. The molecular formula is C26H32N4O. The molecule has 0 radical (unpaired) electrons. The van der Waals surface area contributed by atoms with Crippen molar-refractivity contribution in [2.24, 2.45) is 0 Å². The number of likely N-dealkylation sites (N-methyl/N-ethyl adjacent to an activating group) is 1. The Kier molecular flexibility index (Phi) is 6.64. The number of ether oxygens (including phenoxy) is 1. The van der Waals surface area contributed by atoms with Crippen LogP contribution < -0.4 is 4.90 Å². The lowest BCUT2D eigenvalue weighted by Gasteiger charge is -2.35. The first-order valence-electron chi connectivity index (χ1n) is 10.9. The van der Waals surface area contributed by atoms with Crippen LogP contribution in [0.3, 0.4) is 0 Å². The fourth-order valence-corrected chi connectivity index (χ4v) is 4.34. The van der Waals surface area contributed by atoms with Crippen LogP contribution in [0.2, 0.25) is 0 Å². The van der Waals surface area contributed by atoms with Gasteiger partial charge in [0, 0.05) is 43.3 Å². The first-order chi connectivity index (χ1) is 14.8. The third kappa shape index (κ3) is 4.48. The highest BCUT2D eigenvalue weighted by Gasteiger charge is 2.20. The first kappa shape index (κ1) is 21.5. The molecule has 1 aromatic carbocycles. The number of benzene rings is 1. The molecule has 1 saturated heterocycles. The number of nitrogens with zero attached hydrogens (tertiary/aromatic N) is 4. The van der Waals surface area contributed by atoms with E-state index in [0.717, 1.165) is 68.5 Å². The summed E-state index contributed by atoms with van der Waals surface area (Å²) in [5.74, 6) is 1.09. The summed E-state index contributed by atoms with van der Waals surface area (Å²) in [6, 6.07) is 15.0. The molecule has 0 spiro atoms. The van der Waals surface area contributed by atoms with Gasteiger partial charge < -0.3 is 14.5 Å². The van der Waals surface area contributed by atoms with E-state index >= 15 is 0 Å². The van der Waals surface area contributed by atoms with E-state index in [1.165, 1.54) is 16.3 Å². The second-order valence-electron chi connectivity index (χ2n) is 7.96. The van der Waals surface area contributed by atoms with Gasteiger partial charge in [-0.1, -0.05) is 44.7 Å².